The fourth-order valence-corrected chi connectivity index (χ4v) is 3.06. The highest BCUT2D eigenvalue weighted by Crippen LogP contribution is 2.38. The number of hydrogen-bond donors (Lipinski definition) is 1. The molecule has 2 rings (SSSR count). The first-order valence-corrected chi connectivity index (χ1v) is 6.67. The van der Waals surface area contributed by atoms with Crippen LogP contribution in [0.2, 0.25) is 0 Å². The zero-order valence-electron chi connectivity index (χ0n) is 11.5. The van der Waals surface area contributed by atoms with E-state index in [2.05, 4.69) is 37.4 Å². The monoisotopic (exact) mass is 235 g/mol. The molecule has 0 saturated heterocycles. The first-order valence-electron chi connectivity index (χ1n) is 6.67. The van der Waals surface area contributed by atoms with Crippen molar-refractivity contribution in [3.8, 4) is 0 Å². The fraction of sp³-hybridized carbons (Fsp3) is 0.786. The highest BCUT2D eigenvalue weighted by Gasteiger charge is 2.31. The van der Waals surface area contributed by atoms with Crippen molar-refractivity contribution in [1.29, 1.82) is 0 Å². The van der Waals surface area contributed by atoms with Gasteiger partial charge in [-0.3, -0.25) is 4.68 Å². The lowest BCUT2D eigenvalue weighted by Crippen LogP contribution is -2.41. The van der Waals surface area contributed by atoms with Gasteiger partial charge in [-0.25, -0.2) is 0 Å². The number of rotatable bonds is 3. The van der Waals surface area contributed by atoms with Crippen molar-refractivity contribution in [1.82, 2.24) is 15.1 Å². The number of nitrogens with zero attached hydrogens (tertiary/aromatic N) is 2. The lowest BCUT2D eigenvalue weighted by molar-refractivity contribution is 0.148. The van der Waals surface area contributed by atoms with Gasteiger partial charge in [-0.05, 0) is 30.6 Å². The number of nitrogens with one attached hydrogen (secondary N) is 1. The topological polar surface area (TPSA) is 29.9 Å². The summed E-state index contributed by atoms with van der Waals surface area (Å²) in [4.78, 5) is 0. The molecule has 17 heavy (non-hydrogen) atoms. The Bertz CT molecular complexity index is 367. The van der Waals surface area contributed by atoms with Crippen molar-refractivity contribution in [2.24, 2.45) is 18.4 Å². The molecule has 1 fully saturated rings. The zero-order valence-corrected chi connectivity index (χ0v) is 11.5. The van der Waals surface area contributed by atoms with E-state index in [1.54, 1.807) is 0 Å². The van der Waals surface area contributed by atoms with Gasteiger partial charge in [-0.1, -0.05) is 20.8 Å². The van der Waals surface area contributed by atoms with E-state index < -0.39 is 0 Å². The van der Waals surface area contributed by atoms with Gasteiger partial charge in [-0.2, -0.15) is 5.10 Å². The molecule has 2 unspecified atom stereocenters. The molecule has 96 valence electrons. The molecule has 0 radical (unpaired) electrons. The summed E-state index contributed by atoms with van der Waals surface area (Å²) >= 11 is 0. The Morgan fingerprint density at radius 1 is 1.53 bits per heavy atom. The molecule has 1 aromatic heterocycles. The second-order valence-corrected chi connectivity index (χ2v) is 6.39. The van der Waals surface area contributed by atoms with Crippen molar-refractivity contribution in [2.75, 3.05) is 0 Å². The SMILES string of the molecule is CC1CC(C)(C)CCC1NCc1cnn(C)c1. The lowest BCUT2D eigenvalue weighted by atomic mass is 9.70. The quantitative estimate of drug-likeness (QED) is 0.873. The molecule has 1 saturated carbocycles. The van der Waals surface area contributed by atoms with Crippen LogP contribution in [-0.2, 0) is 13.6 Å². The Labute approximate surface area is 105 Å². The van der Waals surface area contributed by atoms with E-state index in [-0.39, 0.29) is 0 Å². The van der Waals surface area contributed by atoms with Crippen LogP contribution >= 0.6 is 0 Å². The summed E-state index contributed by atoms with van der Waals surface area (Å²) in [7, 11) is 1.97. The summed E-state index contributed by atoms with van der Waals surface area (Å²) < 4.78 is 1.87. The van der Waals surface area contributed by atoms with Gasteiger partial charge < -0.3 is 5.32 Å². The van der Waals surface area contributed by atoms with Gasteiger partial charge >= 0.3 is 0 Å². The first kappa shape index (κ1) is 12.6. The largest absolute Gasteiger partial charge is 0.310 e. The maximum atomic E-state index is 4.20. The summed E-state index contributed by atoms with van der Waals surface area (Å²) in [5, 5.41) is 7.88. The van der Waals surface area contributed by atoms with E-state index >= 15 is 0 Å². The second kappa shape index (κ2) is 4.81. The van der Waals surface area contributed by atoms with Crippen molar-refractivity contribution in [2.45, 2.75) is 52.6 Å². The molecule has 1 aliphatic carbocycles. The highest BCUT2D eigenvalue weighted by atomic mass is 15.2. The van der Waals surface area contributed by atoms with Crippen molar-refractivity contribution < 1.29 is 0 Å². The Morgan fingerprint density at radius 3 is 2.88 bits per heavy atom. The summed E-state index contributed by atoms with van der Waals surface area (Å²) in [5.41, 5.74) is 1.82. The number of hydrogen-bond acceptors (Lipinski definition) is 2. The molecular weight excluding hydrogens is 210 g/mol. The third kappa shape index (κ3) is 3.32. The van der Waals surface area contributed by atoms with Gasteiger partial charge in [0.2, 0.25) is 0 Å². The first-order chi connectivity index (χ1) is 7.96. The Hall–Kier alpha value is -0.830. The summed E-state index contributed by atoms with van der Waals surface area (Å²) in [6.45, 7) is 8.10. The van der Waals surface area contributed by atoms with Gasteiger partial charge in [-0.15, -0.1) is 0 Å². The van der Waals surface area contributed by atoms with Crippen molar-refractivity contribution in [3.05, 3.63) is 18.0 Å². The predicted molar refractivity (Wildman–Crippen MR) is 70.6 cm³/mol. The maximum absolute atomic E-state index is 4.20. The van der Waals surface area contributed by atoms with Crippen LogP contribution in [-0.4, -0.2) is 15.8 Å². The summed E-state index contributed by atoms with van der Waals surface area (Å²) in [5.74, 6) is 0.774. The van der Waals surface area contributed by atoms with Crippen molar-refractivity contribution in [3.63, 3.8) is 0 Å². The van der Waals surface area contributed by atoms with Crippen LogP contribution in [0.15, 0.2) is 12.4 Å². The minimum Gasteiger partial charge on any atom is -0.310 e. The van der Waals surface area contributed by atoms with Crippen LogP contribution in [0.3, 0.4) is 0 Å². The third-order valence-corrected chi connectivity index (χ3v) is 4.02. The Kier molecular flexibility index (Phi) is 3.57. The van der Waals surface area contributed by atoms with Crippen LogP contribution in [0.4, 0.5) is 0 Å². The Morgan fingerprint density at radius 2 is 2.29 bits per heavy atom. The molecule has 1 aromatic rings. The van der Waals surface area contributed by atoms with Crippen LogP contribution in [0.25, 0.3) is 0 Å². The molecule has 0 bridgehead atoms. The van der Waals surface area contributed by atoms with Gasteiger partial charge in [0.1, 0.15) is 0 Å². The van der Waals surface area contributed by atoms with Crippen LogP contribution in [0, 0.1) is 11.3 Å². The molecule has 0 amide bonds. The molecule has 1 N–H and O–H groups in total. The molecule has 2 atom stereocenters. The molecule has 1 aliphatic rings. The van der Waals surface area contributed by atoms with Gasteiger partial charge in [0.15, 0.2) is 0 Å². The second-order valence-electron chi connectivity index (χ2n) is 6.39. The van der Waals surface area contributed by atoms with E-state index in [0.717, 1.165) is 12.5 Å². The lowest BCUT2D eigenvalue weighted by Gasteiger charge is -2.39. The van der Waals surface area contributed by atoms with E-state index in [9.17, 15) is 0 Å². The minimum absolute atomic E-state index is 0.534. The van der Waals surface area contributed by atoms with Gasteiger partial charge in [0, 0.05) is 31.4 Å². The van der Waals surface area contributed by atoms with E-state index in [0.29, 0.717) is 11.5 Å². The van der Waals surface area contributed by atoms with Gasteiger partial charge in [0.25, 0.3) is 0 Å². The van der Waals surface area contributed by atoms with E-state index in [1.165, 1.54) is 24.8 Å². The molecule has 3 nitrogen and oxygen atoms in total. The molecule has 1 heterocycles. The predicted octanol–water partition coefficient (Wildman–Crippen LogP) is 2.72. The maximum Gasteiger partial charge on any atom is 0.0534 e. The fourth-order valence-electron chi connectivity index (χ4n) is 3.06. The van der Waals surface area contributed by atoms with Crippen LogP contribution in [0.1, 0.15) is 45.6 Å². The third-order valence-electron chi connectivity index (χ3n) is 4.02. The van der Waals surface area contributed by atoms with Crippen LogP contribution in [0.5, 0.6) is 0 Å². The van der Waals surface area contributed by atoms with Crippen molar-refractivity contribution >= 4 is 0 Å². The smallest absolute Gasteiger partial charge is 0.0534 e. The van der Waals surface area contributed by atoms with Gasteiger partial charge in [0.05, 0.1) is 6.20 Å². The zero-order chi connectivity index (χ0) is 12.5. The minimum atomic E-state index is 0.534. The normalized spacial score (nSPS) is 28.2. The standard InChI is InChI=1S/C14H25N3/c1-11-7-14(2,3)6-5-13(11)15-8-12-9-16-17(4)10-12/h9-11,13,15H,5-8H2,1-4H3. The average Bonchev–Trinajstić information content (AvgIpc) is 2.62. The molecule has 0 aromatic carbocycles. The molecule has 3 heteroatoms. The van der Waals surface area contributed by atoms with E-state index in [4.69, 9.17) is 0 Å². The molecular formula is C14H25N3. The summed E-state index contributed by atoms with van der Waals surface area (Å²) in [6.07, 6.45) is 8.00. The number of aryl methyl sites for hydroxylation is 1. The average molecular weight is 235 g/mol. The Balaban J connectivity index is 1.84. The molecule has 0 spiro atoms. The van der Waals surface area contributed by atoms with E-state index in [1.807, 2.05) is 17.9 Å². The highest BCUT2D eigenvalue weighted by molar-refractivity contribution is 5.03. The molecule has 0 aliphatic heterocycles. The van der Waals surface area contributed by atoms with Crippen LogP contribution < -0.4 is 5.32 Å². The number of aromatic nitrogens is 2. The summed E-state index contributed by atoms with van der Waals surface area (Å²) in [6, 6.07) is 0.670.